The zero-order valence-electron chi connectivity index (χ0n) is 6.88. The van der Waals surface area contributed by atoms with Crippen LogP contribution in [0.2, 0.25) is 0 Å². The summed E-state index contributed by atoms with van der Waals surface area (Å²) in [6.45, 7) is 7.28. The number of benzene rings is 1. The number of hydrogen-bond donors (Lipinski definition) is 2. The third kappa shape index (κ3) is 1.32. The van der Waals surface area contributed by atoms with Gasteiger partial charge in [-0.2, -0.15) is 0 Å². The number of rotatable bonds is 2. The Morgan fingerprint density at radius 2 is 1.42 bits per heavy atom. The van der Waals surface area contributed by atoms with Crippen molar-refractivity contribution in [3.8, 4) is 0 Å². The Morgan fingerprint density at radius 1 is 1.00 bits per heavy atom. The molecular weight excluding hydrogens is 148 g/mol. The van der Waals surface area contributed by atoms with Crippen LogP contribution in [0.4, 0.5) is 11.4 Å². The Morgan fingerprint density at radius 3 is 1.75 bits per heavy atom. The van der Waals surface area contributed by atoms with Gasteiger partial charge in [0.2, 0.25) is 0 Å². The molecular formula is C10H12N2. The lowest BCUT2D eigenvalue weighted by Gasteiger charge is -2.05. The lowest BCUT2D eigenvalue weighted by atomic mass is 10.1. The number of hydrogen-bond acceptors (Lipinski definition) is 2. The maximum absolute atomic E-state index is 5.78. The SMILES string of the molecule is C=Cc1cc(N)cc(C=C)c1N. The summed E-state index contributed by atoms with van der Waals surface area (Å²) in [7, 11) is 0. The van der Waals surface area contributed by atoms with Gasteiger partial charge in [0.25, 0.3) is 0 Å². The molecule has 0 radical (unpaired) electrons. The molecule has 0 saturated heterocycles. The van der Waals surface area contributed by atoms with Crippen molar-refractivity contribution >= 4 is 23.5 Å². The molecule has 0 amide bonds. The van der Waals surface area contributed by atoms with Gasteiger partial charge >= 0.3 is 0 Å². The van der Waals surface area contributed by atoms with E-state index in [4.69, 9.17) is 11.5 Å². The molecule has 0 fully saturated rings. The van der Waals surface area contributed by atoms with Crippen LogP contribution in [0.15, 0.2) is 25.3 Å². The van der Waals surface area contributed by atoms with Crippen molar-refractivity contribution in [1.29, 1.82) is 0 Å². The molecule has 2 heteroatoms. The van der Waals surface area contributed by atoms with E-state index >= 15 is 0 Å². The van der Waals surface area contributed by atoms with Gasteiger partial charge in [-0.05, 0) is 23.3 Å². The van der Waals surface area contributed by atoms with Gasteiger partial charge in [0.15, 0.2) is 0 Å². The predicted molar refractivity (Wildman–Crippen MR) is 55.4 cm³/mol. The summed E-state index contributed by atoms with van der Waals surface area (Å²) in [5.74, 6) is 0. The molecule has 1 rings (SSSR count). The minimum Gasteiger partial charge on any atom is -0.399 e. The Bertz CT molecular complexity index is 298. The molecule has 62 valence electrons. The lowest BCUT2D eigenvalue weighted by molar-refractivity contribution is 1.60. The van der Waals surface area contributed by atoms with Crippen molar-refractivity contribution in [2.24, 2.45) is 0 Å². The van der Waals surface area contributed by atoms with E-state index in [1.54, 1.807) is 24.3 Å². The van der Waals surface area contributed by atoms with E-state index in [2.05, 4.69) is 13.2 Å². The van der Waals surface area contributed by atoms with E-state index in [9.17, 15) is 0 Å². The van der Waals surface area contributed by atoms with Crippen LogP contribution in [0.3, 0.4) is 0 Å². The largest absolute Gasteiger partial charge is 0.399 e. The summed E-state index contributed by atoms with van der Waals surface area (Å²) < 4.78 is 0. The summed E-state index contributed by atoms with van der Waals surface area (Å²) in [6, 6.07) is 3.57. The second kappa shape index (κ2) is 3.13. The minimum absolute atomic E-state index is 0.675. The molecule has 0 aliphatic carbocycles. The van der Waals surface area contributed by atoms with Crippen LogP contribution < -0.4 is 11.5 Å². The zero-order valence-corrected chi connectivity index (χ0v) is 6.88. The molecule has 0 atom stereocenters. The average molecular weight is 160 g/mol. The van der Waals surface area contributed by atoms with E-state index in [1.165, 1.54) is 0 Å². The maximum atomic E-state index is 5.78. The standard InChI is InChI=1S/C10H12N2/c1-3-7-5-9(11)6-8(4-2)10(7)12/h3-6H,1-2,11-12H2. The molecule has 0 spiro atoms. The first kappa shape index (κ1) is 8.40. The Hall–Kier alpha value is -1.70. The van der Waals surface area contributed by atoms with E-state index in [1.807, 2.05) is 0 Å². The molecule has 2 nitrogen and oxygen atoms in total. The molecule has 0 bridgehead atoms. The fourth-order valence-electron chi connectivity index (χ4n) is 1.06. The third-order valence-electron chi connectivity index (χ3n) is 1.71. The van der Waals surface area contributed by atoms with E-state index < -0.39 is 0 Å². The molecule has 4 N–H and O–H groups in total. The van der Waals surface area contributed by atoms with Crippen LogP contribution in [0.5, 0.6) is 0 Å². The summed E-state index contributed by atoms with van der Waals surface area (Å²) in [5.41, 5.74) is 14.5. The molecule has 12 heavy (non-hydrogen) atoms. The molecule has 0 aromatic heterocycles. The highest BCUT2D eigenvalue weighted by Gasteiger charge is 2.00. The van der Waals surface area contributed by atoms with Gasteiger partial charge in [0.1, 0.15) is 0 Å². The van der Waals surface area contributed by atoms with Crippen LogP contribution in [0, 0.1) is 0 Å². The topological polar surface area (TPSA) is 52.0 Å². The second-order valence-electron chi connectivity index (χ2n) is 2.52. The molecule has 1 aromatic rings. The smallest absolute Gasteiger partial charge is 0.0462 e. The predicted octanol–water partition coefficient (Wildman–Crippen LogP) is 2.14. The van der Waals surface area contributed by atoms with E-state index in [0.29, 0.717) is 11.4 Å². The highest BCUT2D eigenvalue weighted by molar-refractivity contribution is 5.77. The lowest BCUT2D eigenvalue weighted by Crippen LogP contribution is -1.96. The Kier molecular flexibility index (Phi) is 2.19. The second-order valence-corrected chi connectivity index (χ2v) is 2.52. The number of nitrogens with two attached hydrogens (primary N) is 2. The normalized spacial score (nSPS) is 9.33. The molecule has 0 aliphatic rings. The molecule has 0 unspecified atom stereocenters. The van der Waals surface area contributed by atoms with Crippen molar-refractivity contribution < 1.29 is 0 Å². The van der Waals surface area contributed by atoms with Crippen molar-refractivity contribution in [2.45, 2.75) is 0 Å². The van der Waals surface area contributed by atoms with Crippen molar-refractivity contribution in [2.75, 3.05) is 11.5 Å². The van der Waals surface area contributed by atoms with Gasteiger partial charge in [-0.3, -0.25) is 0 Å². The summed E-state index contributed by atoms with van der Waals surface area (Å²) in [6.07, 6.45) is 3.36. The monoisotopic (exact) mass is 160 g/mol. The van der Waals surface area contributed by atoms with Gasteiger partial charge in [-0.25, -0.2) is 0 Å². The molecule has 0 heterocycles. The first-order chi connectivity index (χ1) is 5.69. The van der Waals surface area contributed by atoms with Gasteiger partial charge in [0.05, 0.1) is 0 Å². The fourth-order valence-corrected chi connectivity index (χ4v) is 1.06. The highest BCUT2D eigenvalue weighted by Crippen LogP contribution is 2.23. The third-order valence-corrected chi connectivity index (χ3v) is 1.71. The maximum Gasteiger partial charge on any atom is 0.0462 e. The van der Waals surface area contributed by atoms with Crippen molar-refractivity contribution in [1.82, 2.24) is 0 Å². The van der Waals surface area contributed by atoms with Gasteiger partial charge in [-0.15, -0.1) is 0 Å². The van der Waals surface area contributed by atoms with Gasteiger partial charge < -0.3 is 11.5 Å². The van der Waals surface area contributed by atoms with Crippen LogP contribution in [0.1, 0.15) is 11.1 Å². The van der Waals surface area contributed by atoms with Gasteiger partial charge in [-0.1, -0.05) is 25.3 Å². The zero-order chi connectivity index (χ0) is 9.14. The number of anilines is 2. The Balaban J connectivity index is 3.41. The highest BCUT2D eigenvalue weighted by atomic mass is 14.6. The molecule has 0 saturated carbocycles. The molecule has 1 aromatic carbocycles. The summed E-state index contributed by atoms with van der Waals surface area (Å²) in [4.78, 5) is 0. The quantitative estimate of drug-likeness (QED) is 0.651. The summed E-state index contributed by atoms with van der Waals surface area (Å²) in [5, 5.41) is 0. The van der Waals surface area contributed by atoms with Crippen molar-refractivity contribution in [3.63, 3.8) is 0 Å². The summed E-state index contributed by atoms with van der Waals surface area (Å²) >= 11 is 0. The molecule has 0 aliphatic heterocycles. The van der Waals surface area contributed by atoms with E-state index in [-0.39, 0.29) is 0 Å². The first-order valence-electron chi connectivity index (χ1n) is 3.63. The average Bonchev–Trinajstić information content (AvgIpc) is 2.08. The van der Waals surface area contributed by atoms with Crippen molar-refractivity contribution in [3.05, 3.63) is 36.4 Å². The first-order valence-corrected chi connectivity index (χ1v) is 3.63. The van der Waals surface area contributed by atoms with Crippen LogP contribution in [-0.2, 0) is 0 Å². The van der Waals surface area contributed by atoms with E-state index in [0.717, 1.165) is 11.1 Å². The van der Waals surface area contributed by atoms with Crippen LogP contribution in [-0.4, -0.2) is 0 Å². The van der Waals surface area contributed by atoms with Crippen LogP contribution >= 0.6 is 0 Å². The van der Waals surface area contributed by atoms with Gasteiger partial charge in [0, 0.05) is 11.4 Å². The number of nitrogen functional groups attached to an aromatic ring is 2. The van der Waals surface area contributed by atoms with Crippen LogP contribution in [0.25, 0.3) is 12.2 Å². The fraction of sp³-hybridized carbons (Fsp3) is 0. The minimum atomic E-state index is 0.675. The Labute approximate surface area is 72.2 Å².